The van der Waals surface area contributed by atoms with Crippen molar-refractivity contribution in [3.63, 3.8) is 0 Å². The Labute approximate surface area is 140 Å². The Hall–Kier alpha value is -2.89. The van der Waals surface area contributed by atoms with Gasteiger partial charge in [0.1, 0.15) is 0 Å². The van der Waals surface area contributed by atoms with Gasteiger partial charge in [0, 0.05) is 6.42 Å². The summed E-state index contributed by atoms with van der Waals surface area (Å²) in [6.07, 6.45) is 0.101. The van der Waals surface area contributed by atoms with Gasteiger partial charge in [-0.3, -0.25) is 4.79 Å². The van der Waals surface area contributed by atoms with E-state index in [4.69, 9.17) is 18.9 Å². The van der Waals surface area contributed by atoms with Gasteiger partial charge in [0.25, 0.3) is 0 Å². The average molecular weight is 332 g/mol. The number of carbonyl (C=O) groups excluding carboxylic acids is 1. The zero-order valence-corrected chi connectivity index (χ0v) is 14.1. The van der Waals surface area contributed by atoms with Crippen LogP contribution in [0, 0.1) is 0 Å². The van der Waals surface area contributed by atoms with E-state index in [1.807, 2.05) is 0 Å². The molecule has 6 nitrogen and oxygen atoms in total. The summed E-state index contributed by atoms with van der Waals surface area (Å²) >= 11 is 0. The summed E-state index contributed by atoms with van der Waals surface area (Å²) < 4.78 is 20.6. The third-order valence-electron chi connectivity index (χ3n) is 3.63. The monoisotopic (exact) mass is 332 g/mol. The number of Topliss-reactive ketones (excluding diaryl/α,β-unsaturated/α-hetero) is 1. The molecule has 1 N–H and O–H groups in total. The first kappa shape index (κ1) is 17.5. The van der Waals surface area contributed by atoms with Crippen LogP contribution in [0.4, 0.5) is 0 Å². The van der Waals surface area contributed by atoms with E-state index in [1.165, 1.54) is 27.4 Å². The van der Waals surface area contributed by atoms with E-state index in [1.54, 1.807) is 31.4 Å². The number of hydrogen-bond donors (Lipinski definition) is 1. The van der Waals surface area contributed by atoms with Crippen molar-refractivity contribution in [1.82, 2.24) is 0 Å². The van der Waals surface area contributed by atoms with Crippen molar-refractivity contribution in [2.24, 2.45) is 0 Å². The molecule has 0 spiro atoms. The Bertz CT molecular complexity index is 739. The van der Waals surface area contributed by atoms with Gasteiger partial charge >= 0.3 is 0 Å². The molecular weight excluding hydrogens is 312 g/mol. The van der Waals surface area contributed by atoms with Gasteiger partial charge in [0.15, 0.2) is 28.8 Å². The second-order valence-electron chi connectivity index (χ2n) is 4.99. The van der Waals surface area contributed by atoms with Gasteiger partial charge in [-0.15, -0.1) is 0 Å². The third kappa shape index (κ3) is 3.37. The molecule has 2 aromatic rings. The minimum Gasteiger partial charge on any atom is -0.504 e. The van der Waals surface area contributed by atoms with Crippen molar-refractivity contribution < 1.29 is 28.8 Å². The number of carbonyl (C=O) groups is 1. The number of methoxy groups -OCH3 is 4. The van der Waals surface area contributed by atoms with Crippen molar-refractivity contribution in [1.29, 1.82) is 0 Å². The molecule has 2 rings (SSSR count). The molecule has 0 bridgehead atoms. The Morgan fingerprint density at radius 1 is 0.875 bits per heavy atom. The van der Waals surface area contributed by atoms with Crippen LogP contribution in [-0.2, 0) is 6.42 Å². The van der Waals surface area contributed by atoms with Crippen LogP contribution in [-0.4, -0.2) is 39.3 Å². The van der Waals surface area contributed by atoms with Crippen molar-refractivity contribution in [3.05, 3.63) is 41.5 Å². The van der Waals surface area contributed by atoms with Gasteiger partial charge < -0.3 is 24.1 Å². The van der Waals surface area contributed by atoms with Crippen molar-refractivity contribution in [2.45, 2.75) is 6.42 Å². The molecule has 0 heterocycles. The van der Waals surface area contributed by atoms with E-state index >= 15 is 0 Å². The van der Waals surface area contributed by atoms with Crippen LogP contribution in [0.1, 0.15) is 15.9 Å². The maximum Gasteiger partial charge on any atom is 0.203 e. The molecule has 0 atom stereocenters. The number of aromatic hydroxyl groups is 1. The minimum absolute atomic E-state index is 0.101. The highest BCUT2D eigenvalue weighted by atomic mass is 16.5. The zero-order chi connectivity index (χ0) is 17.7. The van der Waals surface area contributed by atoms with Crippen LogP contribution in [0.25, 0.3) is 0 Å². The largest absolute Gasteiger partial charge is 0.504 e. The van der Waals surface area contributed by atoms with Crippen molar-refractivity contribution in [3.8, 4) is 28.7 Å². The first-order valence-corrected chi connectivity index (χ1v) is 7.23. The molecule has 0 unspecified atom stereocenters. The third-order valence-corrected chi connectivity index (χ3v) is 3.63. The Balaban J connectivity index is 2.30. The standard InChI is InChI=1S/C18H20O6/c1-21-14-7-5-11(10-16(14)23-3)9-13(19)12-6-8-15(22-2)18(24-4)17(12)20/h5-8,10,20H,9H2,1-4H3. The zero-order valence-electron chi connectivity index (χ0n) is 14.1. The van der Waals surface area contributed by atoms with E-state index in [2.05, 4.69) is 0 Å². The van der Waals surface area contributed by atoms with Gasteiger partial charge in [-0.25, -0.2) is 0 Å². The van der Waals surface area contributed by atoms with Crippen LogP contribution in [0.3, 0.4) is 0 Å². The summed E-state index contributed by atoms with van der Waals surface area (Å²) in [5.74, 6) is 1.14. The number of hydrogen-bond acceptors (Lipinski definition) is 6. The highest BCUT2D eigenvalue weighted by molar-refractivity contribution is 6.01. The molecule has 0 amide bonds. The fraction of sp³-hybridized carbons (Fsp3) is 0.278. The van der Waals surface area contributed by atoms with Gasteiger partial charge in [0.2, 0.25) is 5.75 Å². The molecule has 0 saturated heterocycles. The lowest BCUT2D eigenvalue weighted by atomic mass is 10.0. The molecule has 0 aliphatic heterocycles. The van der Waals surface area contributed by atoms with E-state index in [-0.39, 0.29) is 29.3 Å². The second-order valence-corrected chi connectivity index (χ2v) is 4.99. The van der Waals surface area contributed by atoms with Crippen LogP contribution in [0.5, 0.6) is 28.7 Å². The highest BCUT2D eigenvalue weighted by Gasteiger charge is 2.19. The normalized spacial score (nSPS) is 10.2. The first-order valence-electron chi connectivity index (χ1n) is 7.23. The lowest BCUT2D eigenvalue weighted by Crippen LogP contribution is -2.05. The van der Waals surface area contributed by atoms with Gasteiger partial charge in [-0.1, -0.05) is 6.07 Å². The number of phenolic OH excluding ortho intramolecular Hbond substituents is 1. The molecule has 0 aromatic heterocycles. The van der Waals surface area contributed by atoms with E-state index in [9.17, 15) is 9.90 Å². The number of phenols is 1. The van der Waals surface area contributed by atoms with Crippen LogP contribution < -0.4 is 18.9 Å². The molecular formula is C18H20O6. The van der Waals surface area contributed by atoms with Crippen LogP contribution >= 0.6 is 0 Å². The molecule has 0 aliphatic rings. The minimum atomic E-state index is -0.249. The number of benzene rings is 2. The fourth-order valence-corrected chi connectivity index (χ4v) is 2.41. The molecule has 2 aromatic carbocycles. The molecule has 128 valence electrons. The quantitative estimate of drug-likeness (QED) is 0.786. The summed E-state index contributed by atoms with van der Waals surface area (Å²) in [5, 5.41) is 10.3. The summed E-state index contributed by atoms with van der Waals surface area (Å²) in [5.41, 5.74) is 0.911. The topological polar surface area (TPSA) is 74.2 Å². The second kappa shape index (κ2) is 7.59. The van der Waals surface area contributed by atoms with Gasteiger partial charge in [-0.2, -0.15) is 0 Å². The van der Waals surface area contributed by atoms with Crippen molar-refractivity contribution in [2.75, 3.05) is 28.4 Å². The van der Waals surface area contributed by atoms with E-state index in [0.29, 0.717) is 17.2 Å². The van der Waals surface area contributed by atoms with Gasteiger partial charge in [0.05, 0.1) is 34.0 Å². The molecule has 0 aliphatic carbocycles. The first-order chi connectivity index (χ1) is 11.5. The highest BCUT2D eigenvalue weighted by Crippen LogP contribution is 2.39. The summed E-state index contributed by atoms with van der Waals surface area (Å²) in [7, 11) is 5.94. The fourth-order valence-electron chi connectivity index (χ4n) is 2.41. The number of rotatable bonds is 7. The van der Waals surface area contributed by atoms with Gasteiger partial charge in [-0.05, 0) is 29.8 Å². The molecule has 0 radical (unpaired) electrons. The smallest absolute Gasteiger partial charge is 0.203 e. The van der Waals surface area contributed by atoms with Crippen LogP contribution in [0.15, 0.2) is 30.3 Å². The summed E-state index contributed by atoms with van der Waals surface area (Å²) in [6.45, 7) is 0. The number of ether oxygens (including phenoxy) is 4. The average Bonchev–Trinajstić information content (AvgIpc) is 2.60. The summed E-state index contributed by atoms with van der Waals surface area (Å²) in [4.78, 5) is 12.5. The lowest BCUT2D eigenvalue weighted by molar-refractivity contribution is 0.0989. The predicted octanol–water partition coefficient (Wildman–Crippen LogP) is 2.85. The molecule has 24 heavy (non-hydrogen) atoms. The summed E-state index contributed by atoms with van der Waals surface area (Å²) in [6, 6.07) is 8.33. The SMILES string of the molecule is COc1ccc(CC(=O)c2ccc(OC)c(OC)c2O)cc1OC. The van der Waals surface area contributed by atoms with E-state index < -0.39 is 0 Å². The van der Waals surface area contributed by atoms with E-state index in [0.717, 1.165) is 5.56 Å². The molecule has 0 fully saturated rings. The van der Waals surface area contributed by atoms with Crippen LogP contribution in [0.2, 0.25) is 0 Å². The maximum absolute atomic E-state index is 12.5. The Morgan fingerprint density at radius 2 is 1.50 bits per heavy atom. The lowest BCUT2D eigenvalue weighted by Gasteiger charge is -2.13. The maximum atomic E-state index is 12.5. The molecule has 6 heteroatoms. The Kier molecular flexibility index (Phi) is 5.52. The number of ketones is 1. The molecule has 0 saturated carbocycles. The Morgan fingerprint density at radius 3 is 2.08 bits per heavy atom. The predicted molar refractivity (Wildman–Crippen MR) is 88.8 cm³/mol. The van der Waals surface area contributed by atoms with Crippen molar-refractivity contribution >= 4 is 5.78 Å².